The number of benzene rings is 1. The van der Waals surface area contributed by atoms with Gasteiger partial charge in [0.25, 0.3) is 0 Å². The molecule has 0 aromatic heterocycles. The van der Waals surface area contributed by atoms with Gasteiger partial charge in [0.2, 0.25) is 0 Å². The highest BCUT2D eigenvalue weighted by molar-refractivity contribution is 6.30. The van der Waals surface area contributed by atoms with Crippen LogP contribution in [0.4, 0.5) is 4.39 Å². The molecule has 1 rings (SSSR count). The van der Waals surface area contributed by atoms with Crippen molar-refractivity contribution in [3.05, 3.63) is 34.6 Å². The molecule has 1 aromatic carbocycles. The minimum atomic E-state index is -0.367. The van der Waals surface area contributed by atoms with E-state index in [1.54, 1.807) is 19.2 Å². The molecular formula is C14H21ClFNO. The second kappa shape index (κ2) is 7.72. The summed E-state index contributed by atoms with van der Waals surface area (Å²) in [5, 5.41) is 3.47. The van der Waals surface area contributed by atoms with E-state index in [1.807, 2.05) is 7.05 Å². The van der Waals surface area contributed by atoms with Gasteiger partial charge in [-0.2, -0.15) is 0 Å². The summed E-state index contributed by atoms with van der Waals surface area (Å²) in [6.45, 7) is 2.91. The van der Waals surface area contributed by atoms with E-state index in [2.05, 4.69) is 12.2 Å². The Labute approximate surface area is 113 Å². The average molecular weight is 274 g/mol. The van der Waals surface area contributed by atoms with Crippen LogP contribution in [0, 0.1) is 11.7 Å². The maximum absolute atomic E-state index is 13.1. The number of nitrogens with one attached hydrogen (secondary N) is 1. The molecule has 1 aromatic rings. The van der Waals surface area contributed by atoms with Crippen molar-refractivity contribution in [2.75, 3.05) is 20.8 Å². The Hall–Kier alpha value is -0.640. The van der Waals surface area contributed by atoms with Crippen molar-refractivity contribution < 1.29 is 9.13 Å². The highest BCUT2D eigenvalue weighted by atomic mass is 35.5. The molecule has 18 heavy (non-hydrogen) atoms. The van der Waals surface area contributed by atoms with Crippen LogP contribution in [-0.4, -0.2) is 26.8 Å². The van der Waals surface area contributed by atoms with Gasteiger partial charge in [-0.1, -0.05) is 24.6 Å². The van der Waals surface area contributed by atoms with Crippen LogP contribution in [-0.2, 0) is 11.2 Å². The van der Waals surface area contributed by atoms with Crippen LogP contribution in [0.25, 0.3) is 0 Å². The van der Waals surface area contributed by atoms with Gasteiger partial charge >= 0.3 is 0 Å². The van der Waals surface area contributed by atoms with Gasteiger partial charge in [0.15, 0.2) is 0 Å². The molecule has 0 fully saturated rings. The molecule has 0 spiro atoms. The zero-order chi connectivity index (χ0) is 13.5. The molecule has 0 radical (unpaired) electrons. The summed E-state index contributed by atoms with van der Waals surface area (Å²) >= 11 is 5.78. The number of rotatable bonds is 7. The summed E-state index contributed by atoms with van der Waals surface area (Å²) in [6.07, 6.45) is 1.85. The van der Waals surface area contributed by atoms with Crippen molar-refractivity contribution in [2.45, 2.75) is 25.8 Å². The van der Waals surface area contributed by atoms with E-state index in [-0.39, 0.29) is 10.8 Å². The minimum Gasteiger partial charge on any atom is -0.384 e. The molecule has 4 heteroatoms. The summed E-state index contributed by atoms with van der Waals surface area (Å²) in [5.74, 6) is 0.123. The van der Waals surface area contributed by atoms with Gasteiger partial charge in [-0.15, -0.1) is 0 Å². The molecule has 0 aliphatic carbocycles. The molecule has 0 saturated carbocycles. The number of hydrogen-bond donors (Lipinski definition) is 1. The van der Waals surface area contributed by atoms with E-state index in [4.69, 9.17) is 16.3 Å². The Kier molecular flexibility index (Phi) is 6.61. The van der Waals surface area contributed by atoms with Crippen LogP contribution in [0.5, 0.6) is 0 Å². The van der Waals surface area contributed by atoms with Gasteiger partial charge in [0, 0.05) is 19.8 Å². The molecule has 102 valence electrons. The van der Waals surface area contributed by atoms with Gasteiger partial charge in [-0.25, -0.2) is 4.39 Å². The fourth-order valence-electron chi connectivity index (χ4n) is 2.09. The van der Waals surface area contributed by atoms with Crippen molar-refractivity contribution in [3.8, 4) is 0 Å². The van der Waals surface area contributed by atoms with Crippen LogP contribution >= 0.6 is 11.6 Å². The third kappa shape index (κ3) is 4.92. The lowest BCUT2D eigenvalue weighted by Crippen LogP contribution is -2.30. The largest absolute Gasteiger partial charge is 0.384 e. The molecule has 0 aliphatic heterocycles. The third-order valence-corrected chi connectivity index (χ3v) is 3.30. The molecule has 0 heterocycles. The van der Waals surface area contributed by atoms with E-state index < -0.39 is 0 Å². The molecule has 0 amide bonds. The normalized spacial score (nSPS) is 14.5. The van der Waals surface area contributed by atoms with Crippen LogP contribution in [0.3, 0.4) is 0 Å². The van der Waals surface area contributed by atoms with E-state index in [9.17, 15) is 4.39 Å². The molecule has 0 bridgehead atoms. The van der Waals surface area contributed by atoms with Gasteiger partial charge in [-0.05, 0) is 43.5 Å². The summed E-state index contributed by atoms with van der Waals surface area (Å²) in [7, 11) is 3.65. The van der Waals surface area contributed by atoms with Gasteiger partial charge in [-0.3, -0.25) is 0 Å². The summed E-state index contributed by atoms with van der Waals surface area (Å²) in [6, 6.07) is 5.24. The quantitative estimate of drug-likeness (QED) is 0.823. The van der Waals surface area contributed by atoms with E-state index in [0.29, 0.717) is 12.0 Å². The lowest BCUT2D eigenvalue weighted by Gasteiger charge is -2.20. The monoisotopic (exact) mass is 273 g/mol. The first-order valence-corrected chi connectivity index (χ1v) is 6.54. The average Bonchev–Trinajstić information content (AvgIpc) is 2.33. The first-order valence-electron chi connectivity index (χ1n) is 6.17. The second-order valence-electron chi connectivity index (χ2n) is 4.73. The van der Waals surface area contributed by atoms with E-state index in [0.717, 1.165) is 25.0 Å². The van der Waals surface area contributed by atoms with Crippen molar-refractivity contribution in [1.29, 1.82) is 0 Å². The number of methoxy groups -OCH3 is 1. The molecule has 0 saturated heterocycles. The number of ether oxygens (including phenoxy) is 1. The molecule has 2 atom stereocenters. The minimum absolute atomic E-state index is 0.187. The first-order chi connectivity index (χ1) is 8.56. The maximum Gasteiger partial charge on any atom is 0.141 e. The highest BCUT2D eigenvalue weighted by Crippen LogP contribution is 2.18. The Morgan fingerprint density at radius 1 is 1.44 bits per heavy atom. The lowest BCUT2D eigenvalue weighted by atomic mass is 9.97. The smallest absolute Gasteiger partial charge is 0.141 e. The zero-order valence-electron chi connectivity index (χ0n) is 11.2. The fourth-order valence-corrected chi connectivity index (χ4v) is 2.30. The van der Waals surface area contributed by atoms with Crippen LogP contribution in [0.2, 0.25) is 5.02 Å². The number of halogens is 2. The predicted molar refractivity (Wildman–Crippen MR) is 73.6 cm³/mol. The zero-order valence-corrected chi connectivity index (χ0v) is 11.9. The Morgan fingerprint density at radius 2 is 2.17 bits per heavy atom. The van der Waals surface area contributed by atoms with Crippen molar-refractivity contribution in [3.63, 3.8) is 0 Å². The van der Waals surface area contributed by atoms with Gasteiger partial charge in [0.1, 0.15) is 5.82 Å². The van der Waals surface area contributed by atoms with E-state index in [1.165, 1.54) is 6.07 Å². The predicted octanol–water partition coefficient (Wildman–Crippen LogP) is 3.28. The van der Waals surface area contributed by atoms with Crippen molar-refractivity contribution in [2.24, 2.45) is 5.92 Å². The van der Waals surface area contributed by atoms with Gasteiger partial charge < -0.3 is 10.1 Å². The van der Waals surface area contributed by atoms with E-state index >= 15 is 0 Å². The fraction of sp³-hybridized carbons (Fsp3) is 0.571. The van der Waals surface area contributed by atoms with Crippen LogP contribution in [0.1, 0.15) is 18.9 Å². The Bertz CT molecular complexity index is 373. The van der Waals surface area contributed by atoms with Crippen LogP contribution < -0.4 is 5.32 Å². The second-order valence-corrected chi connectivity index (χ2v) is 5.14. The maximum atomic E-state index is 13.1. The Balaban J connectivity index is 2.59. The van der Waals surface area contributed by atoms with Crippen LogP contribution in [0.15, 0.2) is 18.2 Å². The van der Waals surface area contributed by atoms with Crippen molar-refractivity contribution in [1.82, 2.24) is 5.32 Å². The first kappa shape index (κ1) is 15.4. The number of likely N-dealkylation sites (N-methyl/N-ethyl adjacent to an activating group) is 1. The van der Waals surface area contributed by atoms with Gasteiger partial charge in [0.05, 0.1) is 5.02 Å². The topological polar surface area (TPSA) is 21.3 Å². The molecule has 1 N–H and O–H groups in total. The molecule has 0 aliphatic rings. The Morgan fingerprint density at radius 3 is 2.72 bits per heavy atom. The highest BCUT2D eigenvalue weighted by Gasteiger charge is 2.13. The third-order valence-electron chi connectivity index (χ3n) is 3.01. The molecule has 2 unspecified atom stereocenters. The summed E-state index contributed by atoms with van der Waals surface area (Å²) < 4.78 is 18.2. The SMILES string of the molecule is CNC(Cc1ccc(F)c(Cl)c1)CC(C)COC. The lowest BCUT2D eigenvalue weighted by molar-refractivity contribution is 0.150. The summed E-state index contributed by atoms with van der Waals surface area (Å²) in [4.78, 5) is 0. The standard InChI is InChI=1S/C14H21ClFNO/c1-10(9-18-3)6-12(17-2)7-11-4-5-14(16)13(15)8-11/h4-5,8,10,12,17H,6-7,9H2,1-3H3. The molecule has 2 nitrogen and oxygen atoms in total. The van der Waals surface area contributed by atoms with Crippen molar-refractivity contribution >= 4 is 11.6 Å². The number of hydrogen-bond acceptors (Lipinski definition) is 2. The summed E-state index contributed by atoms with van der Waals surface area (Å²) in [5.41, 5.74) is 1.05. The molecular weight excluding hydrogens is 253 g/mol.